The zero-order valence-corrected chi connectivity index (χ0v) is 12.3. The number of halogens is 2. The van der Waals surface area contributed by atoms with Crippen LogP contribution in [0.2, 0.25) is 5.02 Å². The first kappa shape index (κ1) is 13.9. The Morgan fingerprint density at radius 2 is 2.06 bits per heavy atom. The quantitative estimate of drug-likeness (QED) is 0.716. The molecule has 3 heteroatoms. The Hall–Kier alpha value is -0.210. The van der Waals surface area contributed by atoms with Crippen molar-refractivity contribution in [3.05, 3.63) is 28.8 Å². The van der Waals surface area contributed by atoms with Gasteiger partial charge in [-0.25, -0.2) is 0 Å². The zero-order chi connectivity index (χ0) is 12.1. The smallest absolute Gasteiger partial charge is 0.137 e. The fraction of sp³-hybridized carbons (Fsp3) is 0.538. The Balaban J connectivity index is 2.61. The van der Waals surface area contributed by atoms with Gasteiger partial charge in [0.15, 0.2) is 0 Å². The van der Waals surface area contributed by atoms with Gasteiger partial charge in [-0.2, -0.15) is 0 Å². The molecule has 1 aromatic carbocycles. The maximum Gasteiger partial charge on any atom is 0.137 e. The van der Waals surface area contributed by atoms with E-state index in [1.807, 2.05) is 12.1 Å². The van der Waals surface area contributed by atoms with E-state index in [0.29, 0.717) is 15.8 Å². The van der Waals surface area contributed by atoms with Crippen LogP contribution < -0.4 is 4.74 Å². The number of rotatable bonds is 5. The minimum Gasteiger partial charge on any atom is -0.495 e. The third kappa shape index (κ3) is 3.99. The van der Waals surface area contributed by atoms with Gasteiger partial charge < -0.3 is 4.74 Å². The number of hydrogen-bond donors (Lipinski definition) is 0. The van der Waals surface area contributed by atoms with Crippen molar-refractivity contribution in [3.63, 3.8) is 0 Å². The lowest BCUT2D eigenvalue weighted by molar-refractivity contribution is 0.414. The van der Waals surface area contributed by atoms with Gasteiger partial charge in [-0.1, -0.05) is 47.4 Å². The molecule has 1 nitrogen and oxygen atoms in total. The lowest BCUT2D eigenvalue weighted by atomic mass is 10.0. The molecule has 1 atom stereocenters. The predicted octanol–water partition coefficient (Wildman–Crippen LogP) is 4.70. The molecule has 0 saturated heterocycles. The second-order valence-corrected chi connectivity index (χ2v) is 5.85. The largest absolute Gasteiger partial charge is 0.495 e. The molecule has 16 heavy (non-hydrogen) atoms. The van der Waals surface area contributed by atoms with E-state index < -0.39 is 0 Å². The normalized spacial score (nSPS) is 12.9. The molecule has 90 valence electrons. The van der Waals surface area contributed by atoms with Gasteiger partial charge in [-0.15, -0.1) is 0 Å². The van der Waals surface area contributed by atoms with Gasteiger partial charge in [0, 0.05) is 4.83 Å². The standard InChI is InChI=1S/C13H18BrClO/c1-9(2)11(14)6-4-10-5-7-12(15)13(8-10)16-3/h5,7-9,11H,4,6H2,1-3H3. The van der Waals surface area contributed by atoms with Gasteiger partial charge >= 0.3 is 0 Å². The molecular weight excluding hydrogens is 287 g/mol. The van der Waals surface area contributed by atoms with Crippen molar-refractivity contribution in [2.75, 3.05) is 7.11 Å². The molecular formula is C13H18BrClO. The highest BCUT2D eigenvalue weighted by Gasteiger charge is 2.09. The summed E-state index contributed by atoms with van der Waals surface area (Å²) < 4.78 is 5.20. The number of aryl methyl sites for hydroxylation is 1. The van der Waals surface area contributed by atoms with E-state index in [-0.39, 0.29) is 0 Å². The van der Waals surface area contributed by atoms with Crippen molar-refractivity contribution in [2.45, 2.75) is 31.5 Å². The third-order valence-electron chi connectivity index (χ3n) is 2.65. The summed E-state index contributed by atoms with van der Waals surface area (Å²) in [6.07, 6.45) is 2.17. The molecule has 0 aromatic heterocycles. The summed E-state index contributed by atoms with van der Waals surface area (Å²) >= 11 is 9.67. The van der Waals surface area contributed by atoms with Gasteiger partial charge in [0.25, 0.3) is 0 Å². The molecule has 1 aromatic rings. The predicted molar refractivity (Wildman–Crippen MR) is 73.9 cm³/mol. The molecule has 0 aliphatic carbocycles. The van der Waals surface area contributed by atoms with Gasteiger partial charge in [0.1, 0.15) is 5.75 Å². The fourth-order valence-corrected chi connectivity index (χ4v) is 1.92. The van der Waals surface area contributed by atoms with E-state index in [4.69, 9.17) is 16.3 Å². The van der Waals surface area contributed by atoms with Crippen LogP contribution in [-0.4, -0.2) is 11.9 Å². The highest BCUT2D eigenvalue weighted by atomic mass is 79.9. The Morgan fingerprint density at radius 3 is 2.62 bits per heavy atom. The average molecular weight is 306 g/mol. The first-order valence-electron chi connectivity index (χ1n) is 5.51. The Morgan fingerprint density at radius 1 is 1.38 bits per heavy atom. The van der Waals surface area contributed by atoms with E-state index in [9.17, 15) is 0 Å². The van der Waals surface area contributed by atoms with Crippen LogP contribution in [-0.2, 0) is 6.42 Å². The summed E-state index contributed by atoms with van der Waals surface area (Å²) in [5.74, 6) is 1.42. The number of ether oxygens (including phenoxy) is 1. The average Bonchev–Trinajstić information content (AvgIpc) is 2.27. The number of methoxy groups -OCH3 is 1. The van der Waals surface area contributed by atoms with Crippen molar-refractivity contribution in [1.29, 1.82) is 0 Å². The topological polar surface area (TPSA) is 9.23 Å². The molecule has 0 fully saturated rings. The van der Waals surface area contributed by atoms with Crippen LogP contribution in [0.25, 0.3) is 0 Å². The summed E-state index contributed by atoms with van der Waals surface area (Å²) in [5, 5.41) is 0.672. The molecule has 0 aliphatic rings. The molecule has 1 unspecified atom stereocenters. The van der Waals surface area contributed by atoms with E-state index in [1.165, 1.54) is 5.56 Å². The molecule has 0 amide bonds. The number of benzene rings is 1. The van der Waals surface area contributed by atoms with Crippen LogP contribution in [0.4, 0.5) is 0 Å². The lowest BCUT2D eigenvalue weighted by Crippen LogP contribution is -2.08. The Kier molecular flexibility index (Phi) is 5.63. The maximum atomic E-state index is 5.98. The lowest BCUT2D eigenvalue weighted by Gasteiger charge is -2.13. The van der Waals surface area contributed by atoms with E-state index >= 15 is 0 Å². The van der Waals surface area contributed by atoms with Crippen LogP contribution in [0.5, 0.6) is 5.75 Å². The molecule has 0 aliphatic heterocycles. The van der Waals surface area contributed by atoms with Gasteiger partial charge in [-0.05, 0) is 36.5 Å². The number of alkyl halides is 1. The van der Waals surface area contributed by atoms with Gasteiger partial charge in [0.2, 0.25) is 0 Å². The minimum absolute atomic E-state index is 0.564. The van der Waals surface area contributed by atoms with Crippen molar-refractivity contribution < 1.29 is 4.74 Å². The first-order valence-corrected chi connectivity index (χ1v) is 6.80. The maximum absolute atomic E-state index is 5.98. The molecule has 0 bridgehead atoms. The Bertz CT molecular complexity index is 339. The second kappa shape index (κ2) is 6.51. The summed E-state index contributed by atoms with van der Waals surface area (Å²) in [6, 6.07) is 5.97. The summed E-state index contributed by atoms with van der Waals surface area (Å²) in [6.45, 7) is 4.45. The molecule has 0 spiro atoms. The van der Waals surface area contributed by atoms with Crippen molar-refractivity contribution in [3.8, 4) is 5.75 Å². The zero-order valence-electron chi connectivity index (χ0n) is 9.97. The summed E-state index contributed by atoms with van der Waals surface area (Å²) in [7, 11) is 1.65. The van der Waals surface area contributed by atoms with E-state index in [1.54, 1.807) is 7.11 Å². The van der Waals surface area contributed by atoms with Gasteiger partial charge in [0.05, 0.1) is 12.1 Å². The molecule has 0 radical (unpaired) electrons. The van der Waals surface area contributed by atoms with Gasteiger partial charge in [-0.3, -0.25) is 0 Å². The van der Waals surface area contributed by atoms with E-state index in [2.05, 4.69) is 35.8 Å². The summed E-state index contributed by atoms with van der Waals surface area (Å²) in [4.78, 5) is 0.564. The molecule has 0 N–H and O–H groups in total. The Labute approximate surface area is 111 Å². The van der Waals surface area contributed by atoms with Crippen LogP contribution in [0, 0.1) is 5.92 Å². The van der Waals surface area contributed by atoms with Crippen LogP contribution in [0.15, 0.2) is 18.2 Å². The monoisotopic (exact) mass is 304 g/mol. The second-order valence-electron chi connectivity index (χ2n) is 4.27. The van der Waals surface area contributed by atoms with Crippen molar-refractivity contribution in [1.82, 2.24) is 0 Å². The SMILES string of the molecule is COc1cc(CCC(Br)C(C)C)ccc1Cl. The van der Waals surface area contributed by atoms with Crippen molar-refractivity contribution in [2.24, 2.45) is 5.92 Å². The van der Waals surface area contributed by atoms with Crippen LogP contribution in [0.3, 0.4) is 0 Å². The minimum atomic E-state index is 0.564. The highest BCUT2D eigenvalue weighted by molar-refractivity contribution is 9.09. The summed E-state index contributed by atoms with van der Waals surface area (Å²) in [5.41, 5.74) is 1.27. The molecule has 0 saturated carbocycles. The number of hydrogen-bond acceptors (Lipinski definition) is 1. The third-order valence-corrected chi connectivity index (χ3v) is 4.48. The van der Waals surface area contributed by atoms with Crippen LogP contribution in [0.1, 0.15) is 25.8 Å². The molecule has 1 rings (SSSR count). The first-order chi connectivity index (χ1) is 7.54. The highest BCUT2D eigenvalue weighted by Crippen LogP contribution is 2.26. The van der Waals surface area contributed by atoms with Crippen LogP contribution >= 0.6 is 27.5 Å². The van der Waals surface area contributed by atoms with E-state index in [0.717, 1.165) is 18.6 Å². The molecule has 0 heterocycles. The van der Waals surface area contributed by atoms with Crippen molar-refractivity contribution >= 4 is 27.5 Å². The fourth-order valence-electron chi connectivity index (χ4n) is 1.50.